The fourth-order valence-corrected chi connectivity index (χ4v) is 0.813. The van der Waals surface area contributed by atoms with Crippen LogP contribution in [-0.4, -0.2) is 28.6 Å². The summed E-state index contributed by atoms with van der Waals surface area (Å²) in [6, 6.07) is 0. The molecular formula is C9H18N2O3. The van der Waals surface area contributed by atoms with Crippen LogP contribution in [0.4, 0.5) is 0 Å². The smallest absolute Gasteiger partial charge is 0.242 e. The highest BCUT2D eigenvalue weighted by Gasteiger charge is 2.26. The Hall–Kier alpha value is -1.10. The van der Waals surface area contributed by atoms with Crippen molar-refractivity contribution in [1.29, 1.82) is 0 Å². The Balaban J connectivity index is 4.00. The molecule has 0 radical (unpaired) electrons. The average molecular weight is 202 g/mol. The zero-order chi connectivity index (χ0) is 11.4. The number of aliphatic hydroxyl groups is 1. The molecule has 0 fully saturated rings. The number of amides is 2. The van der Waals surface area contributed by atoms with E-state index in [9.17, 15) is 9.59 Å². The lowest BCUT2D eigenvalue weighted by Crippen LogP contribution is -2.53. The molecule has 0 aromatic heterocycles. The summed E-state index contributed by atoms with van der Waals surface area (Å²) in [6.45, 7) is 4.68. The van der Waals surface area contributed by atoms with Crippen molar-refractivity contribution in [2.45, 2.75) is 45.3 Å². The number of nitrogens with one attached hydrogen (secondary N) is 1. The molecule has 14 heavy (non-hydrogen) atoms. The fourth-order valence-electron chi connectivity index (χ4n) is 0.813. The van der Waals surface area contributed by atoms with Crippen LogP contribution in [-0.2, 0) is 9.59 Å². The number of hydrogen-bond acceptors (Lipinski definition) is 3. The van der Waals surface area contributed by atoms with Gasteiger partial charge in [-0.15, -0.1) is 0 Å². The molecule has 0 aliphatic heterocycles. The number of carbonyl (C=O) groups excluding carboxylic acids is 2. The number of hydrogen-bond donors (Lipinski definition) is 3. The lowest BCUT2D eigenvalue weighted by Gasteiger charge is -2.22. The molecule has 0 aliphatic carbocycles. The second-order valence-corrected chi connectivity index (χ2v) is 3.93. The topological polar surface area (TPSA) is 92.4 Å². The second-order valence-electron chi connectivity index (χ2n) is 3.93. The predicted octanol–water partition coefficient (Wildman–Crippen LogP) is -0.472. The number of carbonyl (C=O) groups is 2. The van der Waals surface area contributed by atoms with Crippen LogP contribution in [0.2, 0.25) is 0 Å². The van der Waals surface area contributed by atoms with E-state index in [1.165, 1.54) is 13.8 Å². The molecule has 0 saturated heterocycles. The van der Waals surface area contributed by atoms with Gasteiger partial charge < -0.3 is 16.2 Å². The summed E-state index contributed by atoms with van der Waals surface area (Å²) in [5, 5.41) is 11.4. The monoisotopic (exact) mass is 202 g/mol. The number of nitrogens with two attached hydrogens (primary N) is 1. The van der Waals surface area contributed by atoms with Crippen LogP contribution >= 0.6 is 0 Å². The van der Waals surface area contributed by atoms with Crippen LogP contribution in [0.15, 0.2) is 0 Å². The van der Waals surface area contributed by atoms with Crippen molar-refractivity contribution in [2.24, 2.45) is 5.73 Å². The first-order valence-corrected chi connectivity index (χ1v) is 4.54. The molecule has 2 amide bonds. The predicted molar refractivity (Wildman–Crippen MR) is 52.3 cm³/mol. The first kappa shape index (κ1) is 12.9. The van der Waals surface area contributed by atoms with E-state index in [1.807, 2.05) is 0 Å². The van der Waals surface area contributed by atoms with E-state index in [4.69, 9.17) is 10.8 Å². The molecule has 5 nitrogen and oxygen atoms in total. The van der Waals surface area contributed by atoms with Gasteiger partial charge in [0.1, 0.15) is 5.54 Å². The van der Waals surface area contributed by atoms with E-state index in [-0.39, 0.29) is 12.3 Å². The summed E-state index contributed by atoms with van der Waals surface area (Å²) in [5.74, 6) is -0.863. The maximum atomic E-state index is 11.2. The molecule has 1 atom stereocenters. The molecule has 0 heterocycles. The lowest BCUT2D eigenvalue weighted by atomic mass is 10.0. The van der Waals surface area contributed by atoms with E-state index in [0.717, 1.165) is 0 Å². The maximum absolute atomic E-state index is 11.2. The molecule has 82 valence electrons. The quantitative estimate of drug-likeness (QED) is 0.562. The van der Waals surface area contributed by atoms with Crippen molar-refractivity contribution in [2.75, 3.05) is 0 Å². The SMILES string of the molecule is CC(O)CCC(=O)NC(C)(C)C(N)=O. The molecule has 0 bridgehead atoms. The van der Waals surface area contributed by atoms with Gasteiger partial charge in [0.25, 0.3) is 0 Å². The van der Waals surface area contributed by atoms with Crippen LogP contribution < -0.4 is 11.1 Å². The zero-order valence-corrected chi connectivity index (χ0v) is 8.83. The normalized spacial score (nSPS) is 13.4. The van der Waals surface area contributed by atoms with Gasteiger partial charge in [-0.2, -0.15) is 0 Å². The van der Waals surface area contributed by atoms with Crippen molar-refractivity contribution in [3.05, 3.63) is 0 Å². The average Bonchev–Trinajstić information content (AvgIpc) is 1.99. The summed E-state index contributed by atoms with van der Waals surface area (Å²) in [5.41, 5.74) is 4.04. The Labute approximate surface area is 83.7 Å². The molecule has 1 unspecified atom stereocenters. The molecular weight excluding hydrogens is 184 g/mol. The summed E-state index contributed by atoms with van der Waals surface area (Å²) in [4.78, 5) is 22.1. The minimum atomic E-state index is -1.03. The Morgan fingerprint density at radius 2 is 2.00 bits per heavy atom. The van der Waals surface area contributed by atoms with Crippen molar-refractivity contribution in [1.82, 2.24) is 5.32 Å². The molecule has 0 saturated carbocycles. The van der Waals surface area contributed by atoms with Crippen LogP contribution in [0.25, 0.3) is 0 Å². The van der Waals surface area contributed by atoms with Gasteiger partial charge in [-0.05, 0) is 27.2 Å². The van der Waals surface area contributed by atoms with Crippen LogP contribution in [0.3, 0.4) is 0 Å². The minimum absolute atomic E-state index is 0.189. The number of primary amides is 1. The summed E-state index contributed by atoms with van der Waals surface area (Å²) < 4.78 is 0. The Morgan fingerprint density at radius 1 is 1.50 bits per heavy atom. The van der Waals surface area contributed by atoms with Gasteiger partial charge in [0.15, 0.2) is 0 Å². The van der Waals surface area contributed by atoms with Gasteiger partial charge in [0.2, 0.25) is 11.8 Å². The van der Waals surface area contributed by atoms with Crippen LogP contribution in [0, 0.1) is 0 Å². The highest BCUT2D eigenvalue weighted by molar-refractivity contribution is 5.89. The van der Waals surface area contributed by atoms with Crippen LogP contribution in [0.5, 0.6) is 0 Å². The second kappa shape index (κ2) is 4.95. The number of rotatable bonds is 5. The molecule has 0 spiro atoms. The lowest BCUT2D eigenvalue weighted by molar-refractivity contribution is -0.130. The zero-order valence-electron chi connectivity index (χ0n) is 8.83. The largest absolute Gasteiger partial charge is 0.393 e. The fraction of sp³-hybridized carbons (Fsp3) is 0.778. The van der Waals surface area contributed by atoms with Gasteiger partial charge in [-0.25, -0.2) is 0 Å². The summed E-state index contributed by atoms with van der Waals surface area (Å²) in [6.07, 6.45) is 0.0483. The molecule has 0 aliphatic rings. The van der Waals surface area contributed by atoms with Crippen molar-refractivity contribution >= 4 is 11.8 Å². The van der Waals surface area contributed by atoms with E-state index < -0.39 is 17.6 Å². The summed E-state index contributed by atoms with van der Waals surface area (Å²) in [7, 11) is 0. The molecule has 4 N–H and O–H groups in total. The Bertz CT molecular complexity index is 224. The van der Waals surface area contributed by atoms with E-state index >= 15 is 0 Å². The Morgan fingerprint density at radius 3 is 2.36 bits per heavy atom. The van der Waals surface area contributed by atoms with Crippen molar-refractivity contribution < 1.29 is 14.7 Å². The van der Waals surface area contributed by atoms with E-state index in [1.54, 1.807) is 6.92 Å². The number of aliphatic hydroxyl groups excluding tert-OH is 1. The van der Waals surface area contributed by atoms with E-state index in [2.05, 4.69) is 5.32 Å². The van der Waals surface area contributed by atoms with Crippen molar-refractivity contribution in [3.63, 3.8) is 0 Å². The third-order valence-corrected chi connectivity index (χ3v) is 1.86. The van der Waals surface area contributed by atoms with E-state index in [0.29, 0.717) is 6.42 Å². The third kappa shape index (κ3) is 4.81. The molecule has 0 aromatic carbocycles. The third-order valence-electron chi connectivity index (χ3n) is 1.86. The maximum Gasteiger partial charge on any atom is 0.242 e. The van der Waals surface area contributed by atoms with Crippen molar-refractivity contribution in [3.8, 4) is 0 Å². The van der Waals surface area contributed by atoms with Crippen LogP contribution in [0.1, 0.15) is 33.6 Å². The van der Waals surface area contributed by atoms with Gasteiger partial charge in [-0.1, -0.05) is 0 Å². The highest BCUT2D eigenvalue weighted by Crippen LogP contribution is 2.02. The first-order valence-electron chi connectivity index (χ1n) is 4.54. The molecule has 0 rings (SSSR count). The van der Waals surface area contributed by atoms with Gasteiger partial charge in [-0.3, -0.25) is 9.59 Å². The van der Waals surface area contributed by atoms with Gasteiger partial charge >= 0.3 is 0 Å². The molecule has 0 aromatic rings. The first-order chi connectivity index (χ1) is 6.25. The standard InChI is InChI=1S/C9H18N2O3/c1-6(12)4-5-7(13)11-9(2,3)8(10)14/h6,12H,4-5H2,1-3H3,(H2,10,14)(H,11,13). The summed E-state index contributed by atoms with van der Waals surface area (Å²) >= 11 is 0. The highest BCUT2D eigenvalue weighted by atomic mass is 16.3. The molecule has 5 heteroatoms. The minimum Gasteiger partial charge on any atom is -0.393 e. The Kier molecular flexibility index (Phi) is 4.56. The van der Waals surface area contributed by atoms with Gasteiger partial charge in [0.05, 0.1) is 6.10 Å². The van der Waals surface area contributed by atoms with Gasteiger partial charge in [0, 0.05) is 6.42 Å².